The number of amides is 1. The zero-order valence-corrected chi connectivity index (χ0v) is 12.5. The van der Waals surface area contributed by atoms with Crippen molar-refractivity contribution in [3.05, 3.63) is 46.7 Å². The number of likely N-dealkylation sites (tertiary alicyclic amines) is 1. The highest BCUT2D eigenvalue weighted by Gasteiger charge is 2.26. The van der Waals surface area contributed by atoms with Gasteiger partial charge in [0.05, 0.1) is 24.0 Å². The SMILES string of the molecule is O=C(c1ccccc1Br)N1CCC(n2nccn2)CC1. The number of halogens is 1. The van der Waals surface area contributed by atoms with E-state index in [0.717, 1.165) is 36.0 Å². The van der Waals surface area contributed by atoms with Crippen molar-refractivity contribution in [3.8, 4) is 0 Å². The molecule has 1 amide bonds. The number of aromatic nitrogens is 3. The molecule has 0 spiro atoms. The molecule has 1 aliphatic heterocycles. The van der Waals surface area contributed by atoms with Crippen molar-refractivity contribution in [3.63, 3.8) is 0 Å². The van der Waals surface area contributed by atoms with E-state index in [2.05, 4.69) is 26.1 Å². The first-order chi connectivity index (χ1) is 9.75. The van der Waals surface area contributed by atoms with Gasteiger partial charge in [0.2, 0.25) is 0 Å². The summed E-state index contributed by atoms with van der Waals surface area (Å²) in [5.74, 6) is 0.0874. The first-order valence-electron chi connectivity index (χ1n) is 6.65. The van der Waals surface area contributed by atoms with Crippen molar-refractivity contribution in [2.24, 2.45) is 0 Å². The standard InChI is InChI=1S/C14H15BrN4O/c15-13-4-2-1-3-12(13)14(20)18-9-5-11(6-10-18)19-16-7-8-17-19/h1-4,7-8,11H,5-6,9-10H2. The maximum absolute atomic E-state index is 12.5. The van der Waals surface area contributed by atoms with Crippen molar-refractivity contribution in [1.29, 1.82) is 0 Å². The molecule has 0 atom stereocenters. The highest BCUT2D eigenvalue weighted by Crippen LogP contribution is 2.24. The maximum atomic E-state index is 12.5. The normalized spacial score (nSPS) is 16.4. The van der Waals surface area contributed by atoms with E-state index in [9.17, 15) is 4.79 Å². The van der Waals surface area contributed by atoms with Crippen LogP contribution in [0.2, 0.25) is 0 Å². The van der Waals surface area contributed by atoms with Crippen molar-refractivity contribution in [2.45, 2.75) is 18.9 Å². The topological polar surface area (TPSA) is 51.0 Å². The molecule has 0 N–H and O–H groups in total. The lowest BCUT2D eigenvalue weighted by atomic mass is 10.0. The molecule has 1 saturated heterocycles. The van der Waals surface area contributed by atoms with Gasteiger partial charge in [0, 0.05) is 17.6 Å². The second kappa shape index (κ2) is 5.75. The fourth-order valence-corrected chi connectivity index (χ4v) is 2.97. The maximum Gasteiger partial charge on any atom is 0.254 e. The third-order valence-corrected chi connectivity index (χ3v) is 4.31. The Kier molecular flexibility index (Phi) is 3.82. The largest absolute Gasteiger partial charge is 0.338 e. The Morgan fingerprint density at radius 1 is 1.15 bits per heavy atom. The molecular weight excluding hydrogens is 320 g/mol. The van der Waals surface area contributed by atoms with Crippen LogP contribution in [0.4, 0.5) is 0 Å². The van der Waals surface area contributed by atoms with Gasteiger partial charge < -0.3 is 4.90 Å². The van der Waals surface area contributed by atoms with Gasteiger partial charge in [-0.2, -0.15) is 15.0 Å². The average Bonchev–Trinajstić information content (AvgIpc) is 3.01. The Morgan fingerprint density at radius 2 is 1.80 bits per heavy atom. The first-order valence-corrected chi connectivity index (χ1v) is 7.44. The molecule has 0 saturated carbocycles. The lowest BCUT2D eigenvalue weighted by Gasteiger charge is -2.31. The molecule has 0 bridgehead atoms. The minimum Gasteiger partial charge on any atom is -0.338 e. The molecule has 0 unspecified atom stereocenters. The fourth-order valence-electron chi connectivity index (χ4n) is 2.52. The van der Waals surface area contributed by atoms with Crippen LogP contribution in [0.25, 0.3) is 0 Å². The number of benzene rings is 1. The van der Waals surface area contributed by atoms with Crippen LogP contribution in [0.5, 0.6) is 0 Å². The molecule has 2 heterocycles. The van der Waals surface area contributed by atoms with Crippen molar-refractivity contribution < 1.29 is 4.79 Å². The third kappa shape index (κ3) is 2.60. The molecule has 1 fully saturated rings. The lowest BCUT2D eigenvalue weighted by molar-refractivity contribution is 0.0683. The van der Waals surface area contributed by atoms with Gasteiger partial charge in [-0.1, -0.05) is 12.1 Å². The van der Waals surface area contributed by atoms with Crippen LogP contribution in [0.1, 0.15) is 29.2 Å². The number of carbonyl (C=O) groups excluding carboxylic acids is 1. The van der Waals surface area contributed by atoms with Gasteiger partial charge in [-0.05, 0) is 40.9 Å². The van der Waals surface area contributed by atoms with Crippen molar-refractivity contribution in [1.82, 2.24) is 19.9 Å². The predicted octanol–water partition coefficient (Wildman–Crippen LogP) is 2.52. The molecule has 3 rings (SSSR count). The summed E-state index contributed by atoms with van der Waals surface area (Å²) in [5.41, 5.74) is 0.725. The fraction of sp³-hybridized carbons (Fsp3) is 0.357. The minimum absolute atomic E-state index is 0.0874. The number of piperidine rings is 1. The Hall–Kier alpha value is -1.69. The summed E-state index contributed by atoms with van der Waals surface area (Å²) >= 11 is 3.44. The molecular formula is C14H15BrN4O. The number of carbonyl (C=O) groups is 1. The Labute approximate surface area is 125 Å². The molecule has 20 heavy (non-hydrogen) atoms. The summed E-state index contributed by atoms with van der Waals surface area (Å²) in [6.07, 6.45) is 5.17. The Bertz CT molecular complexity index is 591. The van der Waals surface area contributed by atoms with Crippen LogP contribution in [0, 0.1) is 0 Å². The monoisotopic (exact) mass is 334 g/mol. The molecule has 0 radical (unpaired) electrons. The second-order valence-electron chi connectivity index (χ2n) is 4.85. The molecule has 2 aromatic rings. The zero-order chi connectivity index (χ0) is 13.9. The van der Waals surface area contributed by atoms with Crippen molar-refractivity contribution >= 4 is 21.8 Å². The van der Waals surface area contributed by atoms with Gasteiger partial charge in [-0.3, -0.25) is 4.79 Å². The summed E-state index contributed by atoms with van der Waals surface area (Å²) < 4.78 is 0.848. The molecule has 6 heteroatoms. The summed E-state index contributed by atoms with van der Waals surface area (Å²) in [7, 11) is 0. The van der Waals surface area contributed by atoms with Crippen LogP contribution in [-0.4, -0.2) is 38.9 Å². The average molecular weight is 335 g/mol. The van der Waals surface area contributed by atoms with E-state index >= 15 is 0 Å². The molecule has 1 aromatic carbocycles. The van der Waals surface area contributed by atoms with E-state index in [0.29, 0.717) is 6.04 Å². The smallest absolute Gasteiger partial charge is 0.254 e. The molecule has 1 aromatic heterocycles. The van der Waals surface area contributed by atoms with Crippen LogP contribution >= 0.6 is 15.9 Å². The number of hydrogen-bond donors (Lipinski definition) is 0. The first kappa shape index (κ1) is 13.3. The summed E-state index contributed by atoms with van der Waals surface area (Å²) in [4.78, 5) is 16.1. The van der Waals surface area contributed by atoms with E-state index in [1.165, 1.54) is 0 Å². The van der Waals surface area contributed by atoms with E-state index in [1.54, 1.807) is 17.2 Å². The van der Waals surface area contributed by atoms with E-state index in [4.69, 9.17) is 0 Å². The predicted molar refractivity (Wildman–Crippen MR) is 78.3 cm³/mol. The van der Waals surface area contributed by atoms with Gasteiger partial charge in [0.15, 0.2) is 0 Å². The van der Waals surface area contributed by atoms with Gasteiger partial charge in [-0.15, -0.1) is 0 Å². The molecule has 5 nitrogen and oxygen atoms in total. The van der Waals surface area contributed by atoms with E-state index < -0.39 is 0 Å². The van der Waals surface area contributed by atoms with Crippen LogP contribution < -0.4 is 0 Å². The van der Waals surface area contributed by atoms with Gasteiger partial charge in [0.25, 0.3) is 5.91 Å². The number of rotatable bonds is 2. The van der Waals surface area contributed by atoms with E-state index in [-0.39, 0.29) is 5.91 Å². The van der Waals surface area contributed by atoms with Crippen LogP contribution in [0.3, 0.4) is 0 Å². The van der Waals surface area contributed by atoms with Crippen LogP contribution in [0.15, 0.2) is 41.1 Å². The van der Waals surface area contributed by atoms with Gasteiger partial charge in [0.1, 0.15) is 0 Å². The molecule has 104 valence electrons. The van der Waals surface area contributed by atoms with Gasteiger partial charge in [-0.25, -0.2) is 0 Å². The molecule has 0 aliphatic carbocycles. The van der Waals surface area contributed by atoms with Gasteiger partial charge >= 0.3 is 0 Å². The van der Waals surface area contributed by atoms with E-state index in [1.807, 2.05) is 29.2 Å². The summed E-state index contributed by atoms with van der Waals surface area (Å²) in [5, 5.41) is 8.35. The quantitative estimate of drug-likeness (QED) is 0.847. The lowest BCUT2D eigenvalue weighted by Crippen LogP contribution is -2.39. The second-order valence-corrected chi connectivity index (χ2v) is 5.71. The number of nitrogens with zero attached hydrogens (tertiary/aromatic N) is 4. The summed E-state index contributed by atoms with van der Waals surface area (Å²) in [6.45, 7) is 1.48. The minimum atomic E-state index is 0.0874. The highest BCUT2D eigenvalue weighted by atomic mass is 79.9. The Morgan fingerprint density at radius 3 is 2.45 bits per heavy atom. The zero-order valence-electron chi connectivity index (χ0n) is 10.9. The Balaban J connectivity index is 1.66. The summed E-state index contributed by atoms with van der Waals surface area (Å²) in [6, 6.07) is 7.85. The third-order valence-electron chi connectivity index (χ3n) is 3.62. The highest BCUT2D eigenvalue weighted by molar-refractivity contribution is 9.10. The molecule has 1 aliphatic rings. The number of hydrogen-bond acceptors (Lipinski definition) is 3. The van der Waals surface area contributed by atoms with Crippen LogP contribution in [-0.2, 0) is 0 Å². The van der Waals surface area contributed by atoms with Crippen molar-refractivity contribution in [2.75, 3.05) is 13.1 Å².